The van der Waals surface area contributed by atoms with Crippen molar-refractivity contribution >= 4 is 11.9 Å². The maximum absolute atomic E-state index is 12.6. The van der Waals surface area contributed by atoms with Gasteiger partial charge in [-0.05, 0) is 41.9 Å². The van der Waals surface area contributed by atoms with Crippen LogP contribution in [0.4, 0.5) is 4.79 Å². The minimum absolute atomic E-state index is 0.0191. The van der Waals surface area contributed by atoms with Gasteiger partial charge in [-0.3, -0.25) is 9.69 Å². The Balaban J connectivity index is 2.54. The van der Waals surface area contributed by atoms with Crippen LogP contribution in [-0.4, -0.2) is 41.4 Å². The van der Waals surface area contributed by atoms with Gasteiger partial charge >= 0.3 is 6.03 Å². The maximum atomic E-state index is 12.6. The van der Waals surface area contributed by atoms with E-state index in [9.17, 15) is 9.59 Å². The molecular weight excluding hydrogens is 324 g/mol. The molecule has 1 fully saturated rings. The summed E-state index contributed by atoms with van der Waals surface area (Å²) in [5.41, 5.74) is 0.140. The van der Waals surface area contributed by atoms with Crippen LogP contribution in [0.5, 0.6) is 0 Å². The van der Waals surface area contributed by atoms with E-state index < -0.39 is 0 Å². The molecule has 26 heavy (non-hydrogen) atoms. The summed E-state index contributed by atoms with van der Waals surface area (Å²) in [6.07, 6.45) is 7.50. The number of nitrogens with zero attached hydrogens (tertiary/aromatic N) is 2. The van der Waals surface area contributed by atoms with Crippen LogP contribution in [0.15, 0.2) is 25.3 Å². The first-order valence-electron chi connectivity index (χ1n) is 9.73. The smallest absolute Gasteiger partial charge is 0.315 e. The van der Waals surface area contributed by atoms with Gasteiger partial charge in [-0.25, -0.2) is 4.79 Å². The second kappa shape index (κ2) is 8.41. The van der Waals surface area contributed by atoms with Gasteiger partial charge in [-0.2, -0.15) is 0 Å². The molecule has 1 heterocycles. The minimum atomic E-state index is -0.137. The Hall–Kier alpha value is -1.58. The first-order chi connectivity index (χ1) is 11.9. The van der Waals surface area contributed by atoms with Gasteiger partial charge in [0, 0.05) is 13.1 Å². The maximum Gasteiger partial charge on any atom is 0.327 e. The number of carbonyl (C=O) groups excluding carboxylic acids is 2. The molecule has 0 N–H and O–H groups in total. The topological polar surface area (TPSA) is 40.6 Å². The summed E-state index contributed by atoms with van der Waals surface area (Å²) < 4.78 is 0. The molecule has 0 saturated carbocycles. The molecule has 1 saturated heterocycles. The zero-order valence-electron chi connectivity index (χ0n) is 17.7. The number of hydrogen-bond acceptors (Lipinski definition) is 2. The van der Waals surface area contributed by atoms with Gasteiger partial charge in [0.25, 0.3) is 0 Å². The molecule has 0 aromatic heterocycles. The highest BCUT2D eigenvalue weighted by molar-refractivity contribution is 6.01. The second-order valence-electron chi connectivity index (χ2n) is 9.52. The minimum Gasteiger partial charge on any atom is -0.315 e. The highest BCUT2D eigenvalue weighted by Gasteiger charge is 2.37. The SMILES string of the molecule is C=CC(C)(C)CCCN1CC(=O)N(CCCC(C)(C=C)C(C)(C)C)C1=O. The molecule has 0 aromatic carbocycles. The van der Waals surface area contributed by atoms with E-state index in [4.69, 9.17) is 0 Å². The Bertz CT molecular complexity index is 545. The van der Waals surface area contributed by atoms with Crippen LogP contribution in [-0.2, 0) is 4.79 Å². The molecular formula is C22H38N2O2. The van der Waals surface area contributed by atoms with Crippen molar-refractivity contribution in [1.82, 2.24) is 9.80 Å². The number of allylic oxidation sites excluding steroid dienone is 2. The van der Waals surface area contributed by atoms with E-state index in [1.807, 2.05) is 12.2 Å². The molecule has 3 amide bonds. The van der Waals surface area contributed by atoms with Crippen molar-refractivity contribution in [3.8, 4) is 0 Å². The summed E-state index contributed by atoms with van der Waals surface area (Å²) in [6, 6.07) is -0.137. The molecule has 1 aliphatic rings. The largest absolute Gasteiger partial charge is 0.327 e. The van der Waals surface area contributed by atoms with Crippen LogP contribution < -0.4 is 0 Å². The Morgan fingerprint density at radius 3 is 2.00 bits per heavy atom. The lowest BCUT2D eigenvalue weighted by molar-refractivity contribution is -0.125. The number of amides is 3. The van der Waals surface area contributed by atoms with Gasteiger partial charge in [-0.1, -0.05) is 53.7 Å². The predicted molar refractivity (Wildman–Crippen MR) is 109 cm³/mol. The molecule has 4 heteroatoms. The van der Waals surface area contributed by atoms with Gasteiger partial charge in [0.2, 0.25) is 5.91 Å². The summed E-state index contributed by atoms with van der Waals surface area (Å²) in [4.78, 5) is 27.9. The molecule has 0 aliphatic carbocycles. The molecule has 0 aromatic rings. The van der Waals surface area contributed by atoms with E-state index in [1.165, 1.54) is 4.90 Å². The Morgan fingerprint density at radius 2 is 1.50 bits per heavy atom. The van der Waals surface area contributed by atoms with Crippen LogP contribution >= 0.6 is 0 Å². The lowest BCUT2D eigenvalue weighted by Gasteiger charge is -2.40. The quantitative estimate of drug-likeness (QED) is 0.393. The van der Waals surface area contributed by atoms with Gasteiger partial charge in [0.15, 0.2) is 0 Å². The van der Waals surface area contributed by atoms with Gasteiger partial charge in [0.05, 0.1) is 0 Å². The van der Waals surface area contributed by atoms with E-state index in [1.54, 1.807) is 4.90 Å². The van der Waals surface area contributed by atoms with E-state index in [-0.39, 0.29) is 34.7 Å². The van der Waals surface area contributed by atoms with E-state index in [0.717, 1.165) is 25.7 Å². The average molecular weight is 363 g/mol. The monoisotopic (exact) mass is 362 g/mol. The Kier molecular flexibility index (Phi) is 7.26. The van der Waals surface area contributed by atoms with Crippen LogP contribution in [0.25, 0.3) is 0 Å². The van der Waals surface area contributed by atoms with Crippen LogP contribution in [0, 0.1) is 16.2 Å². The fourth-order valence-electron chi connectivity index (χ4n) is 3.20. The molecule has 1 atom stereocenters. The number of rotatable bonds is 10. The summed E-state index contributed by atoms with van der Waals surface area (Å²) >= 11 is 0. The first kappa shape index (κ1) is 22.5. The number of carbonyl (C=O) groups is 2. The van der Waals surface area contributed by atoms with Crippen LogP contribution in [0.2, 0.25) is 0 Å². The zero-order valence-corrected chi connectivity index (χ0v) is 17.7. The molecule has 4 nitrogen and oxygen atoms in total. The Morgan fingerprint density at radius 1 is 0.923 bits per heavy atom. The zero-order chi connectivity index (χ0) is 20.2. The van der Waals surface area contributed by atoms with Crippen LogP contribution in [0.3, 0.4) is 0 Å². The molecule has 0 bridgehead atoms. The molecule has 0 spiro atoms. The van der Waals surface area contributed by atoms with E-state index in [2.05, 4.69) is 54.7 Å². The summed E-state index contributed by atoms with van der Waals surface area (Å²) in [7, 11) is 0. The average Bonchev–Trinajstić information content (AvgIpc) is 2.81. The summed E-state index contributed by atoms with van der Waals surface area (Å²) in [6.45, 7) is 22.2. The van der Waals surface area contributed by atoms with Crippen molar-refractivity contribution in [3.63, 3.8) is 0 Å². The fraction of sp³-hybridized carbons (Fsp3) is 0.727. The van der Waals surface area contributed by atoms with Gasteiger partial charge in [-0.15, -0.1) is 13.2 Å². The van der Waals surface area contributed by atoms with Gasteiger partial charge in [0.1, 0.15) is 6.54 Å². The van der Waals surface area contributed by atoms with E-state index >= 15 is 0 Å². The van der Waals surface area contributed by atoms with Gasteiger partial charge < -0.3 is 4.90 Å². The molecule has 0 radical (unpaired) electrons. The van der Waals surface area contributed by atoms with Crippen molar-refractivity contribution < 1.29 is 9.59 Å². The van der Waals surface area contributed by atoms with Crippen molar-refractivity contribution in [2.45, 2.75) is 67.2 Å². The third kappa shape index (κ3) is 5.46. The molecule has 1 aliphatic heterocycles. The Labute approximate surface area is 160 Å². The second-order valence-corrected chi connectivity index (χ2v) is 9.52. The van der Waals surface area contributed by atoms with Crippen molar-refractivity contribution in [2.24, 2.45) is 16.2 Å². The summed E-state index contributed by atoms with van der Waals surface area (Å²) in [5.74, 6) is -0.0750. The normalized spacial score (nSPS) is 18.2. The standard InChI is InChI=1S/C22H38N2O2/c1-9-21(6,7)13-11-15-23-17-18(25)24(19(23)26)16-12-14-22(8,10-2)20(3,4)5/h9-10H,1-2,11-17H2,3-8H3. The number of imide groups is 1. The highest BCUT2D eigenvalue weighted by Crippen LogP contribution is 2.43. The molecule has 1 rings (SSSR count). The lowest BCUT2D eigenvalue weighted by atomic mass is 9.65. The first-order valence-corrected chi connectivity index (χ1v) is 9.73. The van der Waals surface area contributed by atoms with Crippen molar-refractivity contribution in [2.75, 3.05) is 19.6 Å². The molecule has 148 valence electrons. The molecule has 1 unspecified atom stereocenters. The van der Waals surface area contributed by atoms with Crippen molar-refractivity contribution in [3.05, 3.63) is 25.3 Å². The third-order valence-corrected chi connectivity index (χ3v) is 6.17. The van der Waals surface area contributed by atoms with Crippen molar-refractivity contribution in [1.29, 1.82) is 0 Å². The number of urea groups is 1. The fourth-order valence-corrected chi connectivity index (χ4v) is 3.20. The van der Waals surface area contributed by atoms with E-state index in [0.29, 0.717) is 13.1 Å². The highest BCUT2D eigenvalue weighted by atomic mass is 16.2. The summed E-state index contributed by atoms with van der Waals surface area (Å²) in [5, 5.41) is 0. The van der Waals surface area contributed by atoms with Crippen LogP contribution in [0.1, 0.15) is 67.2 Å². The lowest BCUT2D eigenvalue weighted by Crippen LogP contribution is -2.36. The third-order valence-electron chi connectivity index (χ3n) is 6.17. The predicted octanol–water partition coefficient (Wildman–Crippen LogP) is 5.26. The number of hydrogen-bond donors (Lipinski definition) is 0.